The van der Waals surface area contributed by atoms with Gasteiger partial charge in [-0.1, -0.05) is 34.1 Å². The molecule has 0 saturated heterocycles. The molecule has 0 radical (unpaired) electrons. The fourth-order valence-electron chi connectivity index (χ4n) is 1.66. The van der Waals surface area contributed by atoms with Crippen LogP contribution in [-0.4, -0.2) is 14.2 Å². The Labute approximate surface area is 109 Å². The van der Waals surface area contributed by atoms with Crippen LogP contribution in [0.4, 0.5) is 0 Å². The first kappa shape index (κ1) is 12.0. The lowest BCUT2D eigenvalue weighted by Crippen LogP contribution is -1.89. The minimum absolute atomic E-state index is 0.787. The molecule has 17 heavy (non-hydrogen) atoms. The molecule has 88 valence electrons. The van der Waals surface area contributed by atoms with Gasteiger partial charge in [0.1, 0.15) is 11.5 Å². The third-order valence-corrected chi connectivity index (χ3v) is 3.23. The molecule has 0 bridgehead atoms. The first-order chi connectivity index (χ1) is 8.24. The molecule has 2 nitrogen and oxygen atoms in total. The predicted octanol–water partition coefficient (Wildman–Crippen LogP) is 4.13. The Morgan fingerprint density at radius 1 is 0.882 bits per heavy atom. The van der Waals surface area contributed by atoms with Crippen molar-refractivity contribution in [3.8, 4) is 22.6 Å². The predicted molar refractivity (Wildman–Crippen MR) is 72.7 cm³/mol. The molecule has 0 aliphatic rings. The number of ether oxygens (including phenoxy) is 2. The fourth-order valence-corrected chi connectivity index (χ4v) is 2.17. The topological polar surface area (TPSA) is 18.5 Å². The summed E-state index contributed by atoms with van der Waals surface area (Å²) in [6.07, 6.45) is 0. The van der Waals surface area contributed by atoms with Crippen molar-refractivity contribution in [2.24, 2.45) is 0 Å². The molecule has 2 aromatic rings. The average Bonchev–Trinajstić information content (AvgIpc) is 2.38. The van der Waals surface area contributed by atoms with Gasteiger partial charge in [0.2, 0.25) is 0 Å². The lowest BCUT2D eigenvalue weighted by atomic mass is 10.1. The highest BCUT2D eigenvalue weighted by Gasteiger charge is 2.06. The summed E-state index contributed by atoms with van der Waals surface area (Å²) in [7, 11) is 3.30. The quantitative estimate of drug-likeness (QED) is 0.847. The van der Waals surface area contributed by atoms with Gasteiger partial charge in [0.15, 0.2) is 0 Å². The first-order valence-electron chi connectivity index (χ1n) is 5.22. The average molecular weight is 293 g/mol. The summed E-state index contributed by atoms with van der Waals surface area (Å²) in [5, 5.41) is 0. The fraction of sp³-hybridized carbons (Fsp3) is 0.143. The summed E-state index contributed by atoms with van der Waals surface area (Å²) in [6, 6.07) is 13.9. The second-order valence-corrected chi connectivity index (χ2v) is 4.44. The van der Waals surface area contributed by atoms with E-state index in [1.54, 1.807) is 14.2 Å². The molecule has 2 rings (SSSR count). The van der Waals surface area contributed by atoms with Gasteiger partial charge in [0, 0.05) is 10.5 Å². The minimum atomic E-state index is 0.787. The van der Waals surface area contributed by atoms with Crippen LogP contribution in [0.25, 0.3) is 11.1 Å². The van der Waals surface area contributed by atoms with Gasteiger partial charge in [-0.2, -0.15) is 0 Å². The maximum absolute atomic E-state index is 5.26. The Hall–Kier alpha value is -1.48. The largest absolute Gasteiger partial charge is 0.497 e. The van der Waals surface area contributed by atoms with Crippen molar-refractivity contribution in [1.29, 1.82) is 0 Å². The molecule has 0 spiro atoms. The Balaban J connectivity index is 2.55. The van der Waals surface area contributed by atoms with E-state index in [0.717, 1.165) is 27.1 Å². The molecule has 0 aliphatic heterocycles. The number of benzene rings is 2. The van der Waals surface area contributed by atoms with E-state index in [4.69, 9.17) is 9.47 Å². The molecule has 0 aliphatic carbocycles. The highest BCUT2D eigenvalue weighted by atomic mass is 79.9. The second kappa shape index (κ2) is 5.23. The SMILES string of the molecule is COc1cc(OC)cc(-c2ccccc2Br)c1. The van der Waals surface area contributed by atoms with Crippen LogP contribution in [0.2, 0.25) is 0 Å². The van der Waals surface area contributed by atoms with Crippen molar-refractivity contribution in [3.05, 3.63) is 46.9 Å². The van der Waals surface area contributed by atoms with Crippen LogP contribution in [0.5, 0.6) is 11.5 Å². The third-order valence-electron chi connectivity index (χ3n) is 2.54. The number of halogens is 1. The van der Waals surface area contributed by atoms with Gasteiger partial charge < -0.3 is 9.47 Å². The van der Waals surface area contributed by atoms with E-state index in [-0.39, 0.29) is 0 Å². The van der Waals surface area contributed by atoms with Crippen molar-refractivity contribution in [2.45, 2.75) is 0 Å². The highest BCUT2D eigenvalue weighted by Crippen LogP contribution is 2.33. The molecule has 0 saturated carbocycles. The molecule has 0 unspecified atom stereocenters. The standard InChI is InChI=1S/C14H13BrO2/c1-16-11-7-10(8-12(9-11)17-2)13-5-3-4-6-14(13)15/h3-9H,1-2H3. The summed E-state index contributed by atoms with van der Waals surface area (Å²) in [5.41, 5.74) is 2.18. The molecule has 0 N–H and O–H groups in total. The van der Waals surface area contributed by atoms with Crippen LogP contribution in [0.1, 0.15) is 0 Å². The van der Waals surface area contributed by atoms with Gasteiger partial charge in [0.05, 0.1) is 14.2 Å². The van der Waals surface area contributed by atoms with Crippen LogP contribution < -0.4 is 9.47 Å². The van der Waals surface area contributed by atoms with Crippen LogP contribution in [0.3, 0.4) is 0 Å². The molecule has 0 heterocycles. The van der Waals surface area contributed by atoms with Crippen LogP contribution >= 0.6 is 15.9 Å². The van der Waals surface area contributed by atoms with E-state index in [2.05, 4.69) is 22.0 Å². The van der Waals surface area contributed by atoms with Crippen molar-refractivity contribution >= 4 is 15.9 Å². The summed E-state index contributed by atoms with van der Waals surface area (Å²) >= 11 is 3.54. The number of methoxy groups -OCH3 is 2. The maximum atomic E-state index is 5.26. The zero-order chi connectivity index (χ0) is 12.3. The molecular weight excluding hydrogens is 280 g/mol. The van der Waals surface area contributed by atoms with Gasteiger partial charge in [-0.05, 0) is 29.3 Å². The lowest BCUT2D eigenvalue weighted by molar-refractivity contribution is 0.394. The summed E-state index contributed by atoms with van der Waals surface area (Å²) < 4.78 is 11.6. The van der Waals surface area contributed by atoms with Crippen LogP contribution in [-0.2, 0) is 0 Å². The molecule has 3 heteroatoms. The summed E-state index contributed by atoms with van der Waals surface area (Å²) in [4.78, 5) is 0. The Bertz CT molecular complexity index is 501. The molecule has 0 amide bonds. The Morgan fingerprint density at radius 2 is 1.47 bits per heavy atom. The number of hydrogen-bond donors (Lipinski definition) is 0. The van der Waals surface area contributed by atoms with Gasteiger partial charge in [-0.15, -0.1) is 0 Å². The van der Waals surface area contributed by atoms with Crippen LogP contribution in [0, 0.1) is 0 Å². The normalized spacial score (nSPS) is 10.1. The molecule has 0 aromatic heterocycles. The monoisotopic (exact) mass is 292 g/mol. The maximum Gasteiger partial charge on any atom is 0.123 e. The molecule has 2 aromatic carbocycles. The lowest BCUT2D eigenvalue weighted by Gasteiger charge is -2.09. The van der Waals surface area contributed by atoms with Crippen molar-refractivity contribution in [1.82, 2.24) is 0 Å². The smallest absolute Gasteiger partial charge is 0.123 e. The summed E-state index contributed by atoms with van der Waals surface area (Å²) in [6.45, 7) is 0. The molecule has 0 atom stereocenters. The van der Waals surface area contributed by atoms with E-state index < -0.39 is 0 Å². The van der Waals surface area contributed by atoms with Gasteiger partial charge in [0.25, 0.3) is 0 Å². The van der Waals surface area contributed by atoms with Crippen molar-refractivity contribution in [3.63, 3.8) is 0 Å². The van der Waals surface area contributed by atoms with E-state index in [0.29, 0.717) is 0 Å². The Morgan fingerprint density at radius 3 is 2.00 bits per heavy atom. The second-order valence-electron chi connectivity index (χ2n) is 3.58. The van der Waals surface area contributed by atoms with Crippen molar-refractivity contribution in [2.75, 3.05) is 14.2 Å². The zero-order valence-corrected chi connectivity index (χ0v) is 11.3. The van der Waals surface area contributed by atoms with E-state index >= 15 is 0 Å². The van der Waals surface area contributed by atoms with E-state index in [1.165, 1.54) is 0 Å². The van der Waals surface area contributed by atoms with E-state index in [1.807, 2.05) is 36.4 Å². The summed E-state index contributed by atoms with van der Waals surface area (Å²) in [5.74, 6) is 1.57. The van der Waals surface area contributed by atoms with Gasteiger partial charge >= 0.3 is 0 Å². The van der Waals surface area contributed by atoms with E-state index in [9.17, 15) is 0 Å². The van der Waals surface area contributed by atoms with Crippen molar-refractivity contribution < 1.29 is 9.47 Å². The molecule has 0 fully saturated rings. The molecular formula is C14H13BrO2. The Kier molecular flexibility index (Phi) is 3.69. The van der Waals surface area contributed by atoms with Gasteiger partial charge in [-0.25, -0.2) is 0 Å². The zero-order valence-electron chi connectivity index (χ0n) is 9.74. The number of rotatable bonds is 3. The third kappa shape index (κ3) is 2.61. The minimum Gasteiger partial charge on any atom is -0.497 e. The number of hydrogen-bond acceptors (Lipinski definition) is 2. The highest BCUT2D eigenvalue weighted by molar-refractivity contribution is 9.10. The van der Waals surface area contributed by atoms with Gasteiger partial charge in [-0.3, -0.25) is 0 Å². The van der Waals surface area contributed by atoms with Crippen LogP contribution in [0.15, 0.2) is 46.9 Å². The first-order valence-corrected chi connectivity index (χ1v) is 6.02.